The number of benzene rings is 1. The van der Waals surface area contributed by atoms with Crippen LogP contribution in [0.1, 0.15) is 31.1 Å². The number of nitrogens with zero attached hydrogens (tertiary/aromatic N) is 2. The van der Waals surface area contributed by atoms with E-state index in [1.54, 1.807) is 24.3 Å². The molecule has 0 spiro atoms. The summed E-state index contributed by atoms with van der Waals surface area (Å²) in [6, 6.07) is 8.64. The first-order valence-electron chi connectivity index (χ1n) is 6.86. The third kappa shape index (κ3) is 5.84. The van der Waals surface area contributed by atoms with Crippen LogP contribution in [0.25, 0.3) is 0 Å². The molecule has 5 nitrogen and oxygen atoms in total. The van der Waals surface area contributed by atoms with Gasteiger partial charge < -0.3 is 5.11 Å². The zero-order valence-corrected chi connectivity index (χ0v) is 13.5. The first-order chi connectivity index (χ1) is 9.76. The van der Waals surface area contributed by atoms with Gasteiger partial charge in [-0.3, -0.25) is 4.90 Å². The quantitative estimate of drug-likeness (QED) is 0.822. The Morgan fingerprint density at radius 3 is 2.33 bits per heavy atom. The highest BCUT2D eigenvalue weighted by atomic mass is 32.2. The lowest BCUT2D eigenvalue weighted by molar-refractivity contribution is 0.0998. The summed E-state index contributed by atoms with van der Waals surface area (Å²) < 4.78 is 22.7. The lowest BCUT2D eigenvalue weighted by Crippen LogP contribution is -2.40. The Bertz CT molecular complexity index is 590. The van der Waals surface area contributed by atoms with Crippen LogP contribution in [0.4, 0.5) is 0 Å². The third-order valence-electron chi connectivity index (χ3n) is 3.41. The smallest absolute Gasteiger partial charge is 0.148 e. The summed E-state index contributed by atoms with van der Waals surface area (Å²) in [6.07, 6.45) is 0.508. The maximum atomic E-state index is 11.4. The van der Waals surface area contributed by atoms with E-state index in [-0.39, 0.29) is 11.8 Å². The van der Waals surface area contributed by atoms with E-state index in [0.29, 0.717) is 18.7 Å². The minimum absolute atomic E-state index is 0.0704. The Morgan fingerprint density at radius 2 is 1.90 bits per heavy atom. The van der Waals surface area contributed by atoms with Gasteiger partial charge in [0.25, 0.3) is 0 Å². The summed E-state index contributed by atoms with van der Waals surface area (Å²) in [5.74, 6) is 0.0704. The van der Waals surface area contributed by atoms with Gasteiger partial charge in [-0.25, -0.2) is 8.42 Å². The monoisotopic (exact) mass is 310 g/mol. The molecular formula is C15H22N2O3S. The second-order valence-corrected chi connectivity index (χ2v) is 7.46. The van der Waals surface area contributed by atoms with Gasteiger partial charge in [-0.15, -0.1) is 0 Å². The van der Waals surface area contributed by atoms with Crippen molar-refractivity contribution in [2.45, 2.75) is 26.0 Å². The molecule has 0 amide bonds. The molecule has 116 valence electrons. The van der Waals surface area contributed by atoms with Gasteiger partial charge in [0.2, 0.25) is 0 Å². The van der Waals surface area contributed by atoms with Crippen molar-refractivity contribution < 1.29 is 13.5 Å². The minimum atomic E-state index is -3.05. The number of sulfone groups is 1. The standard InChI is InChI=1S/C15H22N2O3S/c1-4-17(12(2)11-21(3,19)20)10-15(18)14-7-5-13(9-16)6-8-14/h5-8,12,15,18H,4,10-11H2,1-3H3. The van der Waals surface area contributed by atoms with Gasteiger partial charge >= 0.3 is 0 Å². The van der Waals surface area contributed by atoms with E-state index in [2.05, 4.69) is 0 Å². The Hall–Kier alpha value is -1.42. The maximum Gasteiger partial charge on any atom is 0.148 e. The van der Waals surface area contributed by atoms with E-state index in [0.717, 1.165) is 5.56 Å². The first kappa shape index (κ1) is 17.6. The highest BCUT2D eigenvalue weighted by molar-refractivity contribution is 7.90. The lowest BCUT2D eigenvalue weighted by Gasteiger charge is -2.29. The summed E-state index contributed by atoms with van der Waals surface area (Å²) in [5, 5.41) is 19.0. The molecule has 0 radical (unpaired) electrons. The number of rotatable bonds is 7. The van der Waals surface area contributed by atoms with Crippen LogP contribution in [0.2, 0.25) is 0 Å². The highest BCUT2D eigenvalue weighted by Gasteiger charge is 2.20. The second kappa shape index (κ2) is 7.55. The van der Waals surface area contributed by atoms with E-state index < -0.39 is 15.9 Å². The van der Waals surface area contributed by atoms with Crippen LogP contribution in [-0.4, -0.2) is 49.6 Å². The molecule has 2 atom stereocenters. The molecule has 0 saturated heterocycles. The largest absolute Gasteiger partial charge is 0.387 e. The zero-order chi connectivity index (χ0) is 16.0. The maximum absolute atomic E-state index is 11.4. The highest BCUT2D eigenvalue weighted by Crippen LogP contribution is 2.16. The summed E-state index contributed by atoms with van der Waals surface area (Å²) in [7, 11) is -3.05. The van der Waals surface area contributed by atoms with Crippen molar-refractivity contribution >= 4 is 9.84 Å². The molecule has 0 aliphatic heterocycles. The van der Waals surface area contributed by atoms with Gasteiger partial charge in [0.15, 0.2) is 0 Å². The Morgan fingerprint density at radius 1 is 1.33 bits per heavy atom. The summed E-state index contributed by atoms with van der Waals surface area (Å²) >= 11 is 0. The number of hydrogen-bond donors (Lipinski definition) is 1. The van der Waals surface area contributed by atoms with Gasteiger partial charge in [-0.1, -0.05) is 19.1 Å². The Balaban J connectivity index is 2.73. The molecule has 1 rings (SSSR count). The van der Waals surface area contributed by atoms with Crippen molar-refractivity contribution in [2.75, 3.05) is 25.1 Å². The fraction of sp³-hybridized carbons (Fsp3) is 0.533. The molecule has 1 aromatic rings. The third-order valence-corrected chi connectivity index (χ3v) is 4.49. The minimum Gasteiger partial charge on any atom is -0.387 e. The summed E-state index contributed by atoms with van der Waals surface area (Å²) in [5.41, 5.74) is 1.27. The van der Waals surface area contributed by atoms with Crippen molar-refractivity contribution in [1.29, 1.82) is 5.26 Å². The SMILES string of the molecule is CCN(CC(O)c1ccc(C#N)cc1)C(C)CS(C)(=O)=O. The molecule has 6 heteroatoms. The van der Waals surface area contributed by atoms with Crippen LogP contribution in [0, 0.1) is 11.3 Å². The number of nitriles is 1. The van der Waals surface area contributed by atoms with Crippen molar-refractivity contribution in [2.24, 2.45) is 0 Å². The van der Waals surface area contributed by atoms with Crippen LogP contribution in [0.15, 0.2) is 24.3 Å². The van der Waals surface area contributed by atoms with Crippen molar-refractivity contribution in [3.63, 3.8) is 0 Å². The normalized spacial score (nSPS) is 14.7. The molecule has 1 N–H and O–H groups in total. The molecule has 1 aromatic carbocycles. The van der Waals surface area contributed by atoms with E-state index >= 15 is 0 Å². The van der Waals surface area contributed by atoms with Gasteiger partial charge in [0, 0.05) is 18.8 Å². The number of aliphatic hydroxyl groups excluding tert-OH is 1. The Labute approximate surface area is 126 Å². The van der Waals surface area contributed by atoms with Crippen LogP contribution in [0.5, 0.6) is 0 Å². The molecule has 21 heavy (non-hydrogen) atoms. The van der Waals surface area contributed by atoms with Gasteiger partial charge in [0.05, 0.1) is 23.5 Å². The predicted molar refractivity (Wildman–Crippen MR) is 82.5 cm³/mol. The average molecular weight is 310 g/mol. The molecule has 0 bridgehead atoms. The Kier molecular flexibility index (Phi) is 6.34. The van der Waals surface area contributed by atoms with Crippen LogP contribution >= 0.6 is 0 Å². The molecule has 2 unspecified atom stereocenters. The fourth-order valence-corrected chi connectivity index (χ4v) is 3.36. The predicted octanol–water partition coefficient (Wildman–Crippen LogP) is 1.35. The van der Waals surface area contributed by atoms with Gasteiger partial charge in [-0.05, 0) is 31.2 Å². The lowest BCUT2D eigenvalue weighted by atomic mass is 10.1. The average Bonchev–Trinajstić information content (AvgIpc) is 2.42. The fourth-order valence-electron chi connectivity index (χ4n) is 2.27. The molecule has 0 heterocycles. The number of aliphatic hydroxyl groups is 1. The van der Waals surface area contributed by atoms with Crippen LogP contribution < -0.4 is 0 Å². The molecule has 0 aliphatic rings. The van der Waals surface area contributed by atoms with E-state index in [9.17, 15) is 13.5 Å². The second-order valence-electron chi connectivity index (χ2n) is 5.28. The van der Waals surface area contributed by atoms with Crippen molar-refractivity contribution in [1.82, 2.24) is 4.90 Å². The van der Waals surface area contributed by atoms with Crippen molar-refractivity contribution in [3.05, 3.63) is 35.4 Å². The molecule has 0 aromatic heterocycles. The summed E-state index contributed by atoms with van der Waals surface area (Å²) in [4.78, 5) is 1.93. The molecular weight excluding hydrogens is 288 g/mol. The molecule has 0 fully saturated rings. The van der Waals surface area contributed by atoms with Gasteiger partial charge in [-0.2, -0.15) is 5.26 Å². The van der Waals surface area contributed by atoms with Gasteiger partial charge in [0.1, 0.15) is 9.84 Å². The van der Waals surface area contributed by atoms with E-state index in [1.165, 1.54) is 6.26 Å². The van der Waals surface area contributed by atoms with Crippen molar-refractivity contribution in [3.8, 4) is 6.07 Å². The van der Waals surface area contributed by atoms with Crippen LogP contribution in [-0.2, 0) is 9.84 Å². The first-order valence-corrected chi connectivity index (χ1v) is 8.92. The number of likely N-dealkylation sites (N-methyl/N-ethyl adjacent to an activating group) is 1. The topological polar surface area (TPSA) is 81.4 Å². The zero-order valence-electron chi connectivity index (χ0n) is 12.7. The summed E-state index contributed by atoms with van der Waals surface area (Å²) in [6.45, 7) is 4.80. The molecule has 0 saturated carbocycles. The van der Waals surface area contributed by atoms with Crippen LogP contribution in [0.3, 0.4) is 0 Å². The van der Waals surface area contributed by atoms with E-state index in [1.807, 2.05) is 24.8 Å². The number of hydrogen-bond acceptors (Lipinski definition) is 5. The van der Waals surface area contributed by atoms with E-state index in [4.69, 9.17) is 5.26 Å². The molecule has 0 aliphatic carbocycles.